The molecular formula is C14H19N2O2S+. The topological polar surface area (TPSA) is 44.1 Å². The molecule has 19 heavy (non-hydrogen) atoms. The SMILES string of the molecule is CC(=O)c1ccc2cnn(COCC[S+](C)C)c2c1. The van der Waals surface area contributed by atoms with Gasteiger partial charge in [0.2, 0.25) is 0 Å². The van der Waals surface area contributed by atoms with Gasteiger partial charge in [-0.25, -0.2) is 4.68 Å². The fourth-order valence-electron chi connectivity index (χ4n) is 1.77. The second kappa shape index (κ2) is 6.21. The number of nitrogens with zero attached hydrogens (tertiary/aromatic N) is 2. The summed E-state index contributed by atoms with van der Waals surface area (Å²) in [6.45, 7) is 2.74. The van der Waals surface area contributed by atoms with Crippen molar-refractivity contribution in [1.29, 1.82) is 0 Å². The molecule has 0 aliphatic carbocycles. The number of aromatic nitrogens is 2. The van der Waals surface area contributed by atoms with Gasteiger partial charge < -0.3 is 4.74 Å². The molecule has 0 bridgehead atoms. The molecule has 5 heteroatoms. The van der Waals surface area contributed by atoms with E-state index in [0.29, 0.717) is 23.2 Å². The molecule has 0 saturated heterocycles. The lowest BCUT2D eigenvalue weighted by Crippen LogP contribution is -2.12. The van der Waals surface area contributed by atoms with Gasteiger partial charge in [-0.2, -0.15) is 5.10 Å². The number of ether oxygens (including phenoxy) is 1. The first-order valence-electron chi connectivity index (χ1n) is 6.16. The van der Waals surface area contributed by atoms with Crippen molar-refractivity contribution in [3.63, 3.8) is 0 Å². The zero-order valence-electron chi connectivity index (χ0n) is 11.5. The molecule has 1 heterocycles. The van der Waals surface area contributed by atoms with Crippen molar-refractivity contribution in [2.45, 2.75) is 13.7 Å². The van der Waals surface area contributed by atoms with Crippen LogP contribution in [0, 0.1) is 0 Å². The van der Waals surface area contributed by atoms with E-state index < -0.39 is 0 Å². The molecule has 0 N–H and O–H groups in total. The number of Topliss-reactive ketones (excluding diaryl/α,β-unsaturated/α-hetero) is 1. The van der Waals surface area contributed by atoms with E-state index in [-0.39, 0.29) is 5.78 Å². The highest BCUT2D eigenvalue weighted by Crippen LogP contribution is 2.16. The van der Waals surface area contributed by atoms with Crippen molar-refractivity contribution in [1.82, 2.24) is 9.78 Å². The lowest BCUT2D eigenvalue weighted by Gasteiger charge is -2.05. The van der Waals surface area contributed by atoms with Crippen LogP contribution in [-0.2, 0) is 22.4 Å². The molecule has 4 nitrogen and oxygen atoms in total. The van der Waals surface area contributed by atoms with E-state index in [0.717, 1.165) is 23.3 Å². The predicted molar refractivity (Wildman–Crippen MR) is 79.8 cm³/mol. The predicted octanol–water partition coefficient (Wildman–Crippen LogP) is 2.09. The first-order chi connectivity index (χ1) is 9.08. The van der Waals surface area contributed by atoms with Crippen LogP contribution in [0.3, 0.4) is 0 Å². The monoisotopic (exact) mass is 279 g/mol. The number of carbonyl (C=O) groups excluding carboxylic acids is 1. The highest BCUT2D eigenvalue weighted by Gasteiger charge is 2.07. The highest BCUT2D eigenvalue weighted by molar-refractivity contribution is 7.95. The van der Waals surface area contributed by atoms with Gasteiger partial charge in [0.05, 0.1) is 30.8 Å². The Bertz CT molecular complexity index is 578. The van der Waals surface area contributed by atoms with Crippen LogP contribution in [0.1, 0.15) is 17.3 Å². The van der Waals surface area contributed by atoms with Crippen molar-refractivity contribution in [2.24, 2.45) is 0 Å². The first kappa shape index (κ1) is 14.1. The van der Waals surface area contributed by atoms with Gasteiger partial charge in [0.1, 0.15) is 12.5 Å². The lowest BCUT2D eigenvalue weighted by atomic mass is 10.1. The van der Waals surface area contributed by atoms with Crippen LogP contribution >= 0.6 is 0 Å². The second-order valence-electron chi connectivity index (χ2n) is 4.70. The molecule has 0 radical (unpaired) electrons. The molecule has 0 fully saturated rings. The van der Waals surface area contributed by atoms with Crippen molar-refractivity contribution >= 4 is 27.6 Å². The first-order valence-corrected chi connectivity index (χ1v) is 8.37. The number of hydrogen-bond donors (Lipinski definition) is 0. The number of benzene rings is 1. The molecule has 0 atom stereocenters. The third-order valence-corrected chi connectivity index (χ3v) is 3.88. The standard InChI is InChI=1S/C14H19N2O2S/c1-11(17)12-4-5-13-9-15-16(14(13)8-12)10-18-6-7-19(2)3/h4-5,8-9H,6-7,10H2,1-3H3/q+1. The molecule has 0 aliphatic heterocycles. The third-order valence-electron chi connectivity index (χ3n) is 2.90. The molecule has 0 spiro atoms. The zero-order valence-corrected chi connectivity index (χ0v) is 12.4. The maximum Gasteiger partial charge on any atom is 0.159 e. The Labute approximate surface area is 116 Å². The summed E-state index contributed by atoms with van der Waals surface area (Å²) >= 11 is 0. The molecule has 2 rings (SSSR count). The average Bonchev–Trinajstić information content (AvgIpc) is 2.76. The van der Waals surface area contributed by atoms with Crippen molar-refractivity contribution < 1.29 is 9.53 Å². The second-order valence-corrected chi connectivity index (χ2v) is 7.08. The van der Waals surface area contributed by atoms with Crippen molar-refractivity contribution in [2.75, 3.05) is 24.9 Å². The summed E-state index contributed by atoms with van der Waals surface area (Å²) in [4.78, 5) is 11.4. The Morgan fingerprint density at radius 1 is 1.42 bits per heavy atom. The number of rotatable bonds is 6. The molecule has 102 valence electrons. The number of carbonyl (C=O) groups is 1. The van der Waals surface area contributed by atoms with Gasteiger partial charge >= 0.3 is 0 Å². The van der Waals surface area contributed by atoms with E-state index >= 15 is 0 Å². The van der Waals surface area contributed by atoms with Crippen LogP contribution < -0.4 is 0 Å². The minimum absolute atomic E-state index is 0.0663. The lowest BCUT2D eigenvalue weighted by molar-refractivity contribution is 0.0841. The maximum atomic E-state index is 11.4. The van der Waals surface area contributed by atoms with Crippen LogP contribution in [0.4, 0.5) is 0 Å². The summed E-state index contributed by atoms with van der Waals surface area (Å²) < 4.78 is 7.42. The van der Waals surface area contributed by atoms with E-state index in [1.165, 1.54) is 0 Å². The molecular weight excluding hydrogens is 260 g/mol. The minimum Gasteiger partial charge on any atom is -0.354 e. The molecule has 1 aromatic heterocycles. The quantitative estimate of drug-likeness (QED) is 0.462. The van der Waals surface area contributed by atoms with Crippen LogP contribution in [-0.4, -0.2) is 40.4 Å². The van der Waals surface area contributed by atoms with Gasteiger partial charge in [-0.1, -0.05) is 12.1 Å². The Balaban J connectivity index is 2.10. The molecule has 0 amide bonds. The van der Waals surface area contributed by atoms with Crippen molar-refractivity contribution in [3.05, 3.63) is 30.0 Å². The van der Waals surface area contributed by atoms with Crippen LogP contribution in [0.5, 0.6) is 0 Å². The Hall–Kier alpha value is -1.33. The molecule has 0 unspecified atom stereocenters. The summed E-state index contributed by atoms with van der Waals surface area (Å²) in [5.74, 6) is 1.13. The van der Waals surface area contributed by atoms with Gasteiger partial charge in [-0.15, -0.1) is 0 Å². The molecule has 2 aromatic rings. The van der Waals surface area contributed by atoms with E-state index in [2.05, 4.69) is 17.6 Å². The van der Waals surface area contributed by atoms with Gasteiger partial charge in [-0.05, 0) is 23.9 Å². The summed E-state index contributed by atoms with van der Waals surface area (Å²) in [5, 5.41) is 5.32. The number of fused-ring (bicyclic) bond motifs is 1. The smallest absolute Gasteiger partial charge is 0.159 e. The Kier molecular flexibility index (Phi) is 4.61. The van der Waals surface area contributed by atoms with E-state index in [9.17, 15) is 4.79 Å². The average molecular weight is 279 g/mol. The summed E-state index contributed by atoms with van der Waals surface area (Å²) in [7, 11) is 0.400. The third kappa shape index (κ3) is 3.58. The number of hydrogen-bond acceptors (Lipinski definition) is 3. The highest BCUT2D eigenvalue weighted by atomic mass is 32.2. The fourth-order valence-corrected chi connectivity index (χ4v) is 2.22. The van der Waals surface area contributed by atoms with Gasteiger partial charge in [0, 0.05) is 10.9 Å². The van der Waals surface area contributed by atoms with E-state index in [1.807, 2.05) is 18.2 Å². The largest absolute Gasteiger partial charge is 0.354 e. The fraction of sp³-hybridized carbons (Fsp3) is 0.429. The number of ketones is 1. The molecule has 1 aromatic carbocycles. The molecule has 0 saturated carbocycles. The van der Waals surface area contributed by atoms with Crippen LogP contribution in [0.15, 0.2) is 24.4 Å². The van der Waals surface area contributed by atoms with Crippen LogP contribution in [0.25, 0.3) is 10.9 Å². The summed E-state index contributed by atoms with van der Waals surface area (Å²) in [6.07, 6.45) is 6.20. The maximum absolute atomic E-state index is 11.4. The van der Waals surface area contributed by atoms with Gasteiger partial charge in [0.15, 0.2) is 5.78 Å². The summed E-state index contributed by atoms with van der Waals surface area (Å²) in [5.41, 5.74) is 1.65. The van der Waals surface area contributed by atoms with Crippen LogP contribution in [0.2, 0.25) is 0 Å². The zero-order chi connectivity index (χ0) is 13.8. The molecule has 0 aliphatic rings. The minimum atomic E-state index is 0.0663. The normalized spacial score (nSPS) is 11.4. The van der Waals surface area contributed by atoms with E-state index in [1.54, 1.807) is 17.8 Å². The van der Waals surface area contributed by atoms with Crippen molar-refractivity contribution in [3.8, 4) is 0 Å². The Morgan fingerprint density at radius 2 is 2.21 bits per heavy atom. The van der Waals surface area contributed by atoms with Gasteiger partial charge in [0.25, 0.3) is 0 Å². The summed E-state index contributed by atoms with van der Waals surface area (Å²) in [6, 6.07) is 5.63. The van der Waals surface area contributed by atoms with Gasteiger partial charge in [-0.3, -0.25) is 4.79 Å². The Morgan fingerprint density at radius 3 is 2.89 bits per heavy atom. The van der Waals surface area contributed by atoms with E-state index in [4.69, 9.17) is 4.74 Å².